The van der Waals surface area contributed by atoms with Crippen LogP contribution in [0.1, 0.15) is 17.3 Å². The van der Waals surface area contributed by atoms with Gasteiger partial charge in [-0.25, -0.2) is 4.98 Å². The molecule has 5 aromatic rings. The summed E-state index contributed by atoms with van der Waals surface area (Å²) in [5.74, 6) is 2.76. The van der Waals surface area contributed by atoms with Crippen molar-refractivity contribution >= 4 is 16.7 Å². The first-order chi connectivity index (χ1) is 17.7. The van der Waals surface area contributed by atoms with E-state index in [9.17, 15) is 0 Å². The summed E-state index contributed by atoms with van der Waals surface area (Å²) in [6, 6.07) is 31.4. The van der Waals surface area contributed by atoms with Crippen molar-refractivity contribution in [1.29, 1.82) is 0 Å². The van der Waals surface area contributed by atoms with Gasteiger partial charge in [0.05, 0.1) is 32.4 Å². The third-order valence-electron chi connectivity index (χ3n) is 6.77. The zero-order valence-electron chi connectivity index (χ0n) is 20.5. The molecular weight excluding hydrogens is 450 g/mol. The molecule has 36 heavy (non-hydrogen) atoms. The number of hydrogen-bond acceptors (Lipinski definition) is 5. The molecule has 1 aliphatic rings. The Morgan fingerprint density at radius 2 is 1.42 bits per heavy atom. The third kappa shape index (κ3) is 3.45. The Bertz CT molecular complexity index is 1520. The van der Waals surface area contributed by atoms with Crippen LogP contribution in [0.2, 0.25) is 0 Å². The van der Waals surface area contributed by atoms with Gasteiger partial charge in [-0.3, -0.25) is 4.57 Å². The van der Waals surface area contributed by atoms with E-state index in [-0.39, 0.29) is 6.17 Å². The van der Waals surface area contributed by atoms with Crippen molar-refractivity contribution in [3.8, 4) is 28.6 Å². The van der Waals surface area contributed by atoms with Crippen molar-refractivity contribution in [2.45, 2.75) is 12.7 Å². The van der Waals surface area contributed by atoms with Crippen LogP contribution in [0.4, 0.5) is 5.69 Å². The van der Waals surface area contributed by atoms with E-state index in [1.54, 1.807) is 21.3 Å². The lowest BCUT2D eigenvalue weighted by atomic mass is 10.0. The van der Waals surface area contributed by atoms with Gasteiger partial charge in [0.15, 0.2) is 11.5 Å². The maximum absolute atomic E-state index is 5.74. The van der Waals surface area contributed by atoms with E-state index >= 15 is 0 Å². The number of anilines is 1. The summed E-state index contributed by atoms with van der Waals surface area (Å²) in [6.45, 7) is 0.713. The minimum absolute atomic E-state index is 0.198. The van der Waals surface area contributed by atoms with Crippen LogP contribution in [0.25, 0.3) is 22.4 Å². The van der Waals surface area contributed by atoms with Crippen LogP contribution in [0.5, 0.6) is 17.2 Å². The number of fused-ring (bicyclic) bond motifs is 5. The molecule has 1 atom stereocenters. The van der Waals surface area contributed by atoms with Crippen molar-refractivity contribution < 1.29 is 14.2 Å². The van der Waals surface area contributed by atoms with Crippen molar-refractivity contribution in [3.63, 3.8) is 0 Å². The van der Waals surface area contributed by atoms with E-state index in [0.717, 1.165) is 33.7 Å². The number of hydrogen-bond donors (Lipinski definition) is 0. The van der Waals surface area contributed by atoms with Crippen LogP contribution in [-0.2, 0) is 6.54 Å². The van der Waals surface area contributed by atoms with E-state index in [1.165, 1.54) is 5.56 Å². The molecule has 0 fully saturated rings. The van der Waals surface area contributed by atoms with Crippen molar-refractivity contribution in [1.82, 2.24) is 9.55 Å². The standard InChI is InChI=1S/C30H27N3O3/c1-34-26-17-21(18-27(35-2)28(26)36-3)30-32(19-20-11-5-4-6-12-20)24-15-9-7-13-22(24)29-31-23-14-8-10-16-25(23)33(29)30/h4-18,30H,19H2,1-3H3. The van der Waals surface area contributed by atoms with E-state index in [4.69, 9.17) is 19.2 Å². The van der Waals surface area contributed by atoms with Gasteiger partial charge < -0.3 is 19.1 Å². The number of nitrogens with zero attached hydrogens (tertiary/aromatic N) is 3. The first-order valence-electron chi connectivity index (χ1n) is 11.9. The smallest absolute Gasteiger partial charge is 0.203 e. The highest BCUT2D eigenvalue weighted by Crippen LogP contribution is 2.48. The fraction of sp³-hybridized carbons (Fsp3) is 0.167. The predicted molar refractivity (Wildman–Crippen MR) is 142 cm³/mol. The average molecular weight is 478 g/mol. The number of benzene rings is 4. The van der Waals surface area contributed by atoms with Crippen LogP contribution in [0.15, 0.2) is 91.0 Å². The van der Waals surface area contributed by atoms with Crippen LogP contribution < -0.4 is 19.1 Å². The largest absolute Gasteiger partial charge is 0.493 e. The summed E-state index contributed by atoms with van der Waals surface area (Å²) in [4.78, 5) is 7.50. The fourth-order valence-corrected chi connectivity index (χ4v) is 5.20. The van der Waals surface area contributed by atoms with E-state index in [0.29, 0.717) is 23.8 Å². The van der Waals surface area contributed by atoms with Gasteiger partial charge in [0.25, 0.3) is 0 Å². The molecule has 0 saturated heterocycles. The van der Waals surface area contributed by atoms with E-state index in [1.807, 2.05) is 24.3 Å². The Labute approximate surface area is 210 Å². The third-order valence-corrected chi connectivity index (χ3v) is 6.77. The van der Waals surface area contributed by atoms with Crippen LogP contribution in [0, 0.1) is 0 Å². The average Bonchev–Trinajstić information content (AvgIpc) is 3.32. The molecule has 0 N–H and O–H groups in total. The second-order valence-electron chi connectivity index (χ2n) is 8.76. The summed E-state index contributed by atoms with van der Waals surface area (Å²) in [5.41, 5.74) is 6.49. The Hall–Kier alpha value is -4.45. The fourth-order valence-electron chi connectivity index (χ4n) is 5.20. The molecule has 6 nitrogen and oxygen atoms in total. The van der Waals surface area contributed by atoms with E-state index < -0.39 is 0 Å². The molecule has 0 radical (unpaired) electrons. The Kier molecular flexibility index (Phi) is 5.49. The first kappa shape index (κ1) is 22.0. The number of rotatable bonds is 6. The van der Waals surface area contributed by atoms with Crippen LogP contribution in [-0.4, -0.2) is 30.9 Å². The SMILES string of the molecule is COc1cc(C2N(Cc3ccccc3)c3ccccc3-c3nc4ccccc4n32)cc(OC)c1OC. The Morgan fingerprint density at radius 3 is 2.14 bits per heavy atom. The van der Waals surface area contributed by atoms with Crippen LogP contribution in [0.3, 0.4) is 0 Å². The monoisotopic (exact) mass is 477 g/mol. The van der Waals surface area contributed by atoms with Gasteiger partial charge >= 0.3 is 0 Å². The molecule has 6 rings (SSSR count). The molecule has 0 amide bonds. The quantitative estimate of drug-likeness (QED) is 0.287. The van der Waals surface area contributed by atoms with Gasteiger partial charge in [0, 0.05) is 23.4 Å². The summed E-state index contributed by atoms with van der Waals surface area (Å²) >= 11 is 0. The lowest BCUT2D eigenvalue weighted by Gasteiger charge is -2.41. The first-order valence-corrected chi connectivity index (χ1v) is 11.9. The lowest BCUT2D eigenvalue weighted by molar-refractivity contribution is 0.323. The van der Waals surface area contributed by atoms with Gasteiger partial charge in [-0.05, 0) is 42.0 Å². The van der Waals surface area contributed by atoms with Crippen molar-refractivity contribution in [2.75, 3.05) is 26.2 Å². The molecule has 0 aliphatic carbocycles. The number of imidazole rings is 1. The summed E-state index contributed by atoms with van der Waals surface area (Å²) in [7, 11) is 4.92. The van der Waals surface area contributed by atoms with Gasteiger partial charge in [-0.2, -0.15) is 0 Å². The summed E-state index contributed by atoms with van der Waals surface area (Å²) in [6.07, 6.45) is -0.198. The van der Waals surface area contributed by atoms with Gasteiger partial charge in [-0.1, -0.05) is 54.6 Å². The molecule has 0 spiro atoms. The number of methoxy groups -OCH3 is 3. The molecular formula is C30H27N3O3. The number of aromatic nitrogens is 2. The van der Waals surface area contributed by atoms with Gasteiger partial charge in [0.2, 0.25) is 5.75 Å². The molecule has 180 valence electrons. The molecule has 4 aromatic carbocycles. The Balaban J connectivity index is 1.66. The van der Waals surface area contributed by atoms with Gasteiger partial charge in [0.1, 0.15) is 12.0 Å². The highest BCUT2D eigenvalue weighted by Gasteiger charge is 2.35. The normalized spacial score (nSPS) is 14.3. The molecule has 0 saturated carbocycles. The lowest BCUT2D eigenvalue weighted by Crippen LogP contribution is -2.37. The highest BCUT2D eigenvalue weighted by molar-refractivity contribution is 5.87. The molecule has 1 aliphatic heterocycles. The number of ether oxygens (including phenoxy) is 3. The second-order valence-corrected chi connectivity index (χ2v) is 8.76. The Morgan fingerprint density at radius 1 is 0.750 bits per heavy atom. The van der Waals surface area contributed by atoms with Crippen LogP contribution >= 0.6 is 0 Å². The summed E-state index contributed by atoms with van der Waals surface area (Å²) < 4.78 is 19.4. The molecule has 0 bridgehead atoms. The summed E-state index contributed by atoms with van der Waals surface area (Å²) in [5, 5.41) is 0. The molecule has 2 heterocycles. The molecule has 6 heteroatoms. The predicted octanol–water partition coefficient (Wildman–Crippen LogP) is 6.30. The highest BCUT2D eigenvalue weighted by atomic mass is 16.5. The minimum atomic E-state index is -0.198. The molecule has 1 aromatic heterocycles. The second kappa shape index (κ2) is 8.96. The van der Waals surface area contributed by atoms with E-state index in [2.05, 4.69) is 76.2 Å². The number of para-hydroxylation sites is 3. The zero-order chi connectivity index (χ0) is 24.6. The minimum Gasteiger partial charge on any atom is -0.493 e. The maximum atomic E-state index is 5.74. The molecule has 1 unspecified atom stereocenters. The van der Waals surface area contributed by atoms with Crippen molar-refractivity contribution in [3.05, 3.63) is 102 Å². The zero-order valence-corrected chi connectivity index (χ0v) is 20.5. The van der Waals surface area contributed by atoms with Crippen molar-refractivity contribution in [2.24, 2.45) is 0 Å². The maximum Gasteiger partial charge on any atom is 0.203 e. The topological polar surface area (TPSA) is 48.8 Å². The van der Waals surface area contributed by atoms with Gasteiger partial charge in [-0.15, -0.1) is 0 Å².